The lowest BCUT2D eigenvalue weighted by Crippen LogP contribution is -2.48. The Morgan fingerprint density at radius 1 is 1.35 bits per heavy atom. The number of carbonyl (C=O) groups excluding carboxylic acids is 1. The maximum atomic E-state index is 12.6. The number of hydrogen-bond donors (Lipinski definition) is 0. The van der Waals surface area contributed by atoms with Gasteiger partial charge >= 0.3 is 22.8 Å². The molecule has 2 aromatic rings. The molecule has 2 aliphatic heterocycles. The topological polar surface area (TPSA) is 113 Å². The Bertz CT molecular complexity index is 1070. The lowest BCUT2D eigenvalue weighted by molar-refractivity contribution is 0.00817. The van der Waals surface area contributed by atoms with Gasteiger partial charge in [0.15, 0.2) is 5.65 Å². The largest absolute Gasteiger partial charge is 0.462 e. The quantitative estimate of drug-likeness (QED) is 0.496. The number of rotatable bonds is 3. The van der Waals surface area contributed by atoms with Crippen LogP contribution in [0.1, 0.15) is 37.2 Å². The van der Waals surface area contributed by atoms with Crippen molar-refractivity contribution in [2.75, 3.05) is 31.2 Å². The average molecular weight is 466 g/mol. The van der Waals surface area contributed by atoms with Crippen LogP contribution in [0, 0.1) is 0 Å². The zero-order valence-electron chi connectivity index (χ0n) is 16.9. The van der Waals surface area contributed by atoms with E-state index in [-0.39, 0.29) is 37.2 Å². The lowest BCUT2D eigenvalue weighted by atomic mass is 10.1. The summed E-state index contributed by atoms with van der Waals surface area (Å²) in [7, 11) is -4.04. The van der Waals surface area contributed by atoms with Gasteiger partial charge in [0, 0.05) is 18.8 Å². The number of nitrogens with zero attached hydrogens (tertiary/aromatic N) is 4. The van der Waals surface area contributed by atoms with Crippen molar-refractivity contribution in [3.05, 3.63) is 11.8 Å². The number of carbonyl (C=O) groups is 1. The second-order valence-electron chi connectivity index (χ2n) is 6.85. The molecule has 1 atom stereocenters. The number of hydrogen-bond acceptors (Lipinski definition) is 9. The van der Waals surface area contributed by atoms with Crippen LogP contribution in [0.25, 0.3) is 11.0 Å². The van der Waals surface area contributed by atoms with Crippen molar-refractivity contribution in [2.24, 2.45) is 0 Å². The minimum absolute atomic E-state index is 0.0418. The summed E-state index contributed by atoms with van der Waals surface area (Å²) in [6.45, 7) is 2.71. The number of ether oxygens (including phenoxy) is 2. The minimum Gasteiger partial charge on any atom is -0.462 e. The Morgan fingerprint density at radius 3 is 2.65 bits per heavy atom. The predicted molar refractivity (Wildman–Crippen MR) is 102 cm³/mol. The standard InChI is InChI=1S/C16H20N4O6S.CHF3/c1-4-24-16(21)10-7-17-14-12-13(10)19-5-6-25-11(8-19)27(22,23)26-15(12)18-20(14)9(2)3;2-1(3)4/h7,9,11H,4-6,8H2,1-3H3;1H. The fourth-order valence-corrected chi connectivity index (χ4v) is 4.39. The van der Waals surface area contributed by atoms with E-state index in [1.165, 1.54) is 6.20 Å². The van der Waals surface area contributed by atoms with Gasteiger partial charge in [0.05, 0.1) is 25.4 Å². The summed E-state index contributed by atoms with van der Waals surface area (Å²) in [5, 5.41) is 4.70. The Labute approximate surface area is 176 Å². The van der Waals surface area contributed by atoms with Crippen molar-refractivity contribution in [3.8, 4) is 5.88 Å². The first-order chi connectivity index (χ1) is 14.6. The van der Waals surface area contributed by atoms with Crippen LogP contribution in [0.5, 0.6) is 5.88 Å². The van der Waals surface area contributed by atoms with Crippen LogP contribution in [0.4, 0.5) is 18.9 Å². The van der Waals surface area contributed by atoms with Crippen molar-refractivity contribution in [1.29, 1.82) is 0 Å². The molecule has 1 unspecified atom stereocenters. The molecule has 0 aromatic carbocycles. The highest BCUT2D eigenvalue weighted by Gasteiger charge is 2.40. The first-order valence-electron chi connectivity index (χ1n) is 9.37. The molecule has 0 amide bonds. The summed E-state index contributed by atoms with van der Waals surface area (Å²) < 4.78 is 71.6. The number of halogens is 3. The van der Waals surface area contributed by atoms with E-state index in [1.54, 1.807) is 16.5 Å². The molecule has 0 radical (unpaired) electrons. The van der Waals surface area contributed by atoms with Gasteiger partial charge in [-0.15, -0.1) is 5.10 Å². The number of alkyl halides is 3. The van der Waals surface area contributed by atoms with Crippen molar-refractivity contribution < 1.29 is 40.0 Å². The molecule has 2 bridgehead atoms. The number of pyridine rings is 1. The van der Waals surface area contributed by atoms with Crippen LogP contribution in [0.2, 0.25) is 0 Å². The Morgan fingerprint density at radius 2 is 2.03 bits per heavy atom. The van der Waals surface area contributed by atoms with E-state index in [2.05, 4.69) is 10.1 Å². The molecular formula is C17H21F3N4O6S. The molecule has 2 aromatic heterocycles. The molecule has 4 heterocycles. The van der Waals surface area contributed by atoms with Gasteiger partial charge in [-0.05, 0) is 20.8 Å². The minimum atomic E-state index is -4.04. The van der Waals surface area contributed by atoms with Crippen molar-refractivity contribution >= 4 is 32.8 Å². The van der Waals surface area contributed by atoms with Gasteiger partial charge < -0.3 is 18.6 Å². The maximum absolute atomic E-state index is 12.6. The highest BCUT2D eigenvalue weighted by Crippen LogP contribution is 2.40. The summed E-state index contributed by atoms with van der Waals surface area (Å²) in [5.41, 5.74) is 0.0473. The fraction of sp³-hybridized carbons (Fsp3) is 0.588. The molecule has 31 heavy (non-hydrogen) atoms. The first kappa shape index (κ1) is 23.1. The number of morpholine rings is 1. The summed E-state index contributed by atoms with van der Waals surface area (Å²) in [6, 6.07) is -0.0901. The molecular weight excluding hydrogens is 445 g/mol. The van der Waals surface area contributed by atoms with E-state index in [9.17, 15) is 26.4 Å². The molecule has 0 saturated carbocycles. The Kier molecular flexibility index (Phi) is 6.59. The van der Waals surface area contributed by atoms with Crippen LogP contribution in [0.3, 0.4) is 0 Å². The monoisotopic (exact) mass is 466 g/mol. The highest BCUT2D eigenvalue weighted by atomic mass is 32.2. The molecule has 1 fully saturated rings. The maximum Gasteiger partial charge on any atom is 0.379 e. The molecule has 2 aliphatic rings. The van der Waals surface area contributed by atoms with E-state index in [0.29, 0.717) is 23.3 Å². The van der Waals surface area contributed by atoms with Gasteiger partial charge in [-0.1, -0.05) is 0 Å². The third kappa shape index (κ3) is 4.54. The fourth-order valence-electron chi connectivity index (χ4n) is 3.32. The van der Waals surface area contributed by atoms with Gasteiger partial charge in [0.25, 0.3) is 5.88 Å². The molecule has 172 valence electrons. The molecule has 10 nitrogen and oxygen atoms in total. The van der Waals surface area contributed by atoms with Gasteiger partial charge in [-0.25, -0.2) is 14.5 Å². The highest BCUT2D eigenvalue weighted by molar-refractivity contribution is 7.87. The van der Waals surface area contributed by atoms with E-state index in [4.69, 9.17) is 13.7 Å². The molecule has 0 N–H and O–H groups in total. The zero-order valence-corrected chi connectivity index (χ0v) is 17.7. The summed E-state index contributed by atoms with van der Waals surface area (Å²) in [4.78, 5) is 18.7. The molecule has 0 aliphatic carbocycles. The predicted octanol–water partition coefficient (Wildman–Crippen LogP) is 2.25. The number of anilines is 1. The average Bonchev–Trinajstić information content (AvgIpc) is 3.04. The Balaban J connectivity index is 0.000000628. The van der Waals surface area contributed by atoms with Crippen LogP contribution < -0.4 is 9.08 Å². The van der Waals surface area contributed by atoms with Gasteiger partial charge in [0.2, 0.25) is 5.44 Å². The third-order valence-electron chi connectivity index (χ3n) is 4.51. The smallest absolute Gasteiger partial charge is 0.379 e. The third-order valence-corrected chi connectivity index (χ3v) is 5.83. The summed E-state index contributed by atoms with van der Waals surface area (Å²) >= 11 is 0. The van der Waals surface area contributed by atoms with Crippen molar-refractivity contribution in [1.82, 2.24) is 14.8 Å². The van der Waals surface area contributed by atoms with Gasteiger partial charge in [-0.3, -0.25) is 0 Å². The summed E-state index contributed by atoms with van der Waals surface area (Å²) in [6.07, 6.45) is 1.45. The van der Waals surface area contributed by atoms with Gasteiger partial charge in [0.1, 0.15) is 10.9 Å². The van der Waals surface area contributed by atoms with E-state index in [1.807, 2.05) is 13.8 Å². The summed E-state index contributed by atoms with van der Waals surface area (Å²) in [5.74, 6) is -0.635. The van der Waals surface area contributed by atoms with Crippen LogP contribution in [-0.2, 0) is 19.6 Å². The molecule has 14 heteroatoms. The second-order valence-corrected chi connectivity index (χ2v) is 8.53. The van der Waals surface area contributed by atoms with E-state index < -0.39 is 28.2 Å². The van der Waals surface area contributed by atoms with Gasteiger partial charge in [-0.2, -0.15) is 21.6 Å². The number of fused-ring (bicyclic) bond motifs is 3. The van der Waals surface area contributed by atoms with Crippen molar-refractivity contribution in [2.45, 2.75) is 38.9 Å². The second kappa shape index (κ2) is 8.86. The molecule has 0 spiro atoms. The number of aromatic nitrogens is 3. The zero-order chi connectivity index (χ0) is 22.9. The van der Waals surface area contributed by atoms with E-state index >= 15 is 0 Å². The lowest BCUT2D eigenvalue weighted by Gasteiger charge is -2.35. The normalized spacial score (nSPS) is 19.4. The van der Waals surface area contributed by atoms with Crippen LogP contribution >= 0.6 is 0 Å². The SMILES string of the molecule is CCOC(=O)c1cnc2c3c(nn2C(C)C)OS(=O)(=O)C2CN(CCO2)c13.FC(F)F. The van der Waals surface area contributed by atoms with E-state index in [0.717, 1.165) is 0 Å². The molecule has 4 rings (SSSR count). The Hall–Kier alpha value is -2.61. The molecule has 1 saturated heterocycles. The first-order valence-corrected chi connectivity index (χ1v) is 10.8. The van der Waals surface area contributed by atoms with Crippen LogP contribution in [0.15, 0.2) is 6.20 Å². The van der Waals surface area contributed by atoms with Crippen LogP contribution in [-0.4, -0.2) is 67.6 Å². The number of esters is 1. The van der Waals surface area contributed by atoms with Crippen molar-refractivity contribution in [3.63, 3.8) is 0 Å².